The van der Waals surface area contributed by atoms with Gasteiger partial charge in [-0.1, -0.05) is 6.07 Å². The largest absolute Gasteiger partial charge is 0.497 e. The molecule has 6 nitrogen and oxygen atoms in total. The number of thiocarbonyl (C=S) groups is 1. The van der Waals surface area contributed by atoms with Crippen molar-refractivity contribution in [1.82, 2.24) is 14.9 Å². The lowest BCUT2D eigenvalue weighted by molar-refractivity contribution is 0.415. The molecule has 0 amide bonds. The minimum atomic E-state index is -0.0962. The number of ether oxygens (including phenoxy) is 1. The monoisotopic (exact) mass is 430 g/mol. The molecule has 0 unspecified atom stereocenters. The van der Waals surface area contributed by atoms with Gasteiger partial charge in [0.05, 0.1) is 31.7 Å². The van der Waals surface area contributed by atoms with E-state index in [1.807, 2.05) is 60.8 Å². The predicted molar refractivity (Wildman–Crippen MR) is 123 cm³/mol. The van der Waals surface area contributed by atoms with E-state index in [2.05, 4.69) is 38.1 Å². The molecule has 1 aliphatic heterocycles. The quantitative estimate of drug-likeness (QED) is 0.447. The van der Waals surface area contributed by atoms with Crippen LogP contribution in [0, 0.1) is 0 Å². The van der Waals surface area contributed by atoms with Gasteiger partial charge in [0, 0.05) is 23.8 Å². The lowest BCUT2D eigenvalue weighted by Crippen LogP contribution is -2.30. The average Bonchev–Trinajstić information content (AvgIpc) is 3.55. The fraction of sp³-hybridized carbons (Fsp3) is 0.167. The molecule has 1 fully saturated rings. The molecule has 4 aromatic rings. The zero-order valence-electron chi connectivity index (χ0n) is 17.0. The highest BCUT2D eigenvalue weighted by Gasteiger charge is 2.42. The van der Waals surface area contributed by atoms with Crippen LogP contribution in [0.5, 0.6) is 5.75 Å². The maximum Gasteiger partial charge on any atom is 0.174 e. The summed E-state index contributed by atoms with van der Waals surface area (Å²) in [6, 6.07) is 21.8. The lowest BCUT2D eigenvalue weighted by atomic mass is 10.0. The van der Waals surface area contributed by atoms with Gasteiger partial charge in [-0.05, 0) is 72.9 Å². The molecule has 7 heteroatoms. The number of methoxy groups -OCH3 is 1. The number of nitrogens with one attached hydrogen (secondary N) is 1. The van der Waals surface area contributed by atoms with E-state index in [0.717, 1.165) is 28.6 Å². The zero-order chi connectivity index (χ0) is 21.2. The number of furan rings is 1. The molecule has 1 aromatic carbocycles. The number of benzene rings is 1. The number of rotatable bonds is 6. The van der Waals surface area contributed by atoms with Gasteiger partial charge >= 0.3 is 0 Å². The summed E-state index contributed by atoms with van der Waals surface area (Å²) < 4.78 is 13.1. The summed E-state index contributed by atoms with van der Waals surface area (Å²) in [6.07, 6.45) is 5.58. The van der Waals surface area contributed by atoms with Gasteiger partial charge in [0.2, 0.25) is 0 Å². The Morgan fingerprint density at radius 1 is 1.06 bits per heavy atom. The molecule has 0 radical (unpaired) electrons. The van der Waals surface area contributed by atoms with Crippen molar-refractivity contribution in [3.63, 3.8) is 0 Å². The molecule has 0 spiro atoms. The van der Waals surface area contributed by atoms with E-state index in [-0.39, 0.29) is 12.1 Å². The molecule has 0 aliphatic carbocycles. The van der Waals surface area contributed by atoms with Crippen LogP contribution in [0.4, 0.5) is 5.69 Å². The average molecular weight is 431 g/mol. The van der Waals surface area contributed by atoms with Gasteiger partial charge in [-0.2, -0.15) is 0 Å². The predicted octanol–water partition coefficient (Wildman–Crippen LogP) is 4.71. The highest BCUT2D eigenvalue weighted by Crippen LogP contribution is 2.42. The number of hydrogen-bond donors (Lipinski definition) is 1. The number of nitrogens with zero attached hydrogens (tertiary/aromatic N) is 3. The van der Waals surface area contributed by atoms with Gasteiger partial charge in [-0.3, -0.25) is 4.98 Å². The molecule has 1 N–H and O–H groups in total. The molecule has 156 valence electrons. The number of pyridine rings is 1. The van der Waals surface area contributed by atoms with Crippen LogP contribution in [0.1, 0.15) is 29.2 Å². The van der Waals surface area contributed by atoms with Crippen LogP contribution in [0.3, 0.4) is 0 Å². The molecular weight excluding hydrogens is 408 g/mol. The first-order chi connectivity index (χ1) is 15.2. The van der Waals surface area contributed by atoms with Crippen molar-refractivity contribution in [3.05, 3.63) is 103 Å². The Morgan fingerprint density at radius 3 is 2.65 bits per heavy atom. The molecule has 5 rings (SSSR count). The summed E-state index contributed by atoms with van der Waals surface area (Å²) in [5.74, 6) is 1.71. The fourth-order valence-corrected chi connectivity index (χ4v) is 4.43. The first-order valence-corrected chi connectivity index (χ1v) is 10.5. The minimum absolute atomic E-state index is 0.0826. The van der Waals surface area contributed by atoms with E-state index >= 15 is 0 Å². The third-order valence-electron chi connectivity index (χ3n) is 5.52. The Bertz CT molecular complexity index is 1160. The highest BCUT2D eigenvalue weighted by molar-refractivity contribution is 7.80. The Morgan fingerprint density at radius 2 is 1.94 bits per heavy atom. The van der Waals surface area contributed by atoms with E-state index in [9.17, 15) is 0 Å². The molecule has 31 heavy (non-hydrogen) atoms. The number of aromatic nitrogens is 2. The van der Waals surface area contributed by atoms with Crippen molar-refractivity contribution in [1.29, 1.82) is 0 Å². The summed E-state index contributed by atoms with van der Waals surface area (Å²) in [5, 5.41) is 4.16. The van der Waals surface area contributed by atoms with Crippen molar-refractivity contribution < 1.29 is 9.15 Å². The zero-order valence-corrected chi connectivity index (χ0v) is 17.8. The second kappa shape index (κ2) is 8.28. The second-order valence-electron chi connectivity index (χ2n) is 7.33. The fourth-order valence-electron chi connectivity index (χ4n) is 4.09. The molecule has 2 atom stereocenters. The van der Waals surface area contributed by atoms with Crippen LogP contribution in [-0.4, -0.2) is 21.8 Å². The van der Waals surface area contributed by atoms with Gasteiger partial charge in [0.1, 0.15) is 17.6 Å². The van der Waals surface area contributed by atoms with Crippen LogP contribution < -0.4 is 15.0 Å². The third kappa shape index (κ3) is 3.68. The summed E-state index contributed by atoms with van der Waals surface area (Å²) in [7, 11) is 1.67. The smallest absolute Gasteiger partial charge is 0.174 e. The first-order valence-electron chi connectivity index (χ1n) is 10.1. The molecule has 0 bridgehead atoms. The normalized spacial score (nSPS) is 18.2. The molecular formula is C24H22N4O2S. The maximum atomic E-state index is 5.80. The molecule has 1 saturated heterocycles. The van der Waals surface area contributed by atoms with Gasteiger partial charge in [-0.25, -0.2) is 0 Å². The van der Waals surface area contributed by atoms with Crippen LogP contribution in [0.2, 0.25) is 0 Å². The van der Waals surface area contributed by atoms with Crippen molar-refractivity contribution in [2.45, 2.75) is 18.6 Å². The standard InChI is InChI=1S/C24H22N4O2S/c1-29-18-11-9-17(10-12-18)28-23(22(26-24(28)31)20-7-2-3-13-25-20)21-8-4-14-27(21)16-19-6-5-15-30-19/h2-15,22-23H,16H2,1H3,(H,26,31)/t22-,23-/m1/s1. The van der Waals surface area contributed by atoms with Crippen LogP contribution >= 0.6 is 12.2 Å². The first kappa shape index (κ1) is 19.4. The van der Waals surface area contributed by atoms with E-state index in [1.165, 1.54) is 0 Å². The summed E-state index contributed by atoms with van der Waals surface area (Å²) in [4.78, 5) is 6.77. The summed E-state index contributed by atoms with van der Waals surface area (Å²) in [5.41, 5.74) is 3.05. The Kier molecular flexibility index (Phi) is 5.18. The Labute approximate surface area is 186 Å². The van der Waals surface area contributed by atoms with E-state index in [0.29, 0.717) is 11.7 Å². The Hall–Kier alpha value is -3.58. The van der Waals surface area contributed by atoms with Crippen molar-refractivity contribution >= 4 is 23.0 Å². The van der Waals surface area contributed by atoms with Crippen molar-refractivity contribution in [3.8, 4) is 5.75 Å². The van der Waals surface area contributed by atoms with Gasteiger partial charge in [0.15, 0.2) is 5.11 Å². The van der Waals surface area contributed by atoms with Crippen molar-refractivity contribution in [2.24, 2.45) is 0 Å². The highest BCUT2D eigenvalue weighted by atomic mass is 32.1. The van der Waals surface area contributed by atoms with E-state index in [4.69, 9.17) is 21.4 Å². The SMILES string of the molecule is COc1ccc(N2C(=S)N[C@H](c3ccccn3)[C@H]2c2cccn2Cc2ccco2)cc1. The topological polar surface area (TPSA) is 55.5 Å². The molecule has 0 saturated carbocycles. The molecule has 3 aromatic heterocycles. The Balaban J connectivity index is 1.59. The van der Waals surface area contributed by atoms with Crippen LogP contribution in [0.25, 0.3) is 0 Å². The van der Waals surface area contributed by atoms with E-state index < -0.39 is 0 Å². The van der Waals surface area contributed by atoms with Crippen molar-refractivity contribution in [2.75, 3.05) is 12.0 Å². The number of anilines is 1. The van der Waals surface area contributed by atoms with Crippen LogP contribution in [-0.2, 0) is 6.54 Å². The third-order valence-corrected chi connectivity index (χ3v) is 5.84. The van der Waals surface area contributed by atoms with Crippen LogP contribution in [0.15, 0.2) is 89.8 Å². The van der Waals surface area contributed by atoms with E-state index in [1.54, 1.807) is 13.4 Å². The molecule has 1 aliphatic rings. The van der Waals surface area contributed by atoms with Gasteiger partial charge in [0.25, 0.3) is 0 Å². The molecule has 4 heterocycles. The minimum Gasteiger partial charge on any atom is -0.497 e. The maximum absolute atomic E-state index is 5.80. The number of hydrogen-bond acceptors (Lipinski definition) is 4. The summed E-state index contributed by atoms with van der Waals surface area (Å²) >= 11 is 5.80. The summed E-state index contributed by atoms with van der Waals surface area (Å²) in [6.45, 7) is 0.643. The lowest BCUT2D eigenvalue weighted by Gasteiger charge is -2.29. The van der Waals surface area contributed by atoms with Gasteiger partial charge in [-0.15, -0.1) is 0 Å². The van der Waals surface area contributed by atoms with Gasteiger partial charge < -0.3 is 23.9 Å². The second-order valence-corrected chi connectivity index (χ2v) is 7.72.